The van der Waals surface area contributed by atoms with Crippen LogP contribution in [-0.4, -0.2) is 38.6 Å². The van der Waals surface area contributed by atoms with Gasteiger partial charge in [-0.1, -0.05) is 30.3 Å². The molecule has 1 aromatic carbocycles. The zero-order valence-corrected chi connectivity index (χ0v) is 13.6. The molecule has 0 saturated heterocycles. The maximum atomic E-state index is 13.0. The molecule has 23 heavy (non-hydrogen) atoms. The summed E-state index contributed by atoms with van der Waals surface area (Å²) in [7, 11) is 2.75. The average Bonchev–Trinajstić information content (AvgIpc) is 2.52. The Morgan fingerprint density at radius 1 is 1.22 bits per heavy atom. The van der Waals surface area contributed by atoms with Crippen molar-refractivity contribution in [2.24, 2.45) is 0 Å². The molecule has 0 aliphatic heterocycles. The van der Waals surface area contributed by atoms with E-state index in [0.717, 1.165) is 12.5 Å². The van der Waals surface area contributed by atoms with Gasteiger partial charge in [-0.2, -0.15) is 0 Å². The molecule has 1 amide bonds. The van der Waals surface area contributed by atoms with E-state index in [9.17, 15) is 13.6 Å². The topological polar surface area (TPSA) is 56.8 Å². The summed E-state index contributed by atoms with van der Waals surface area (Å²) in [5.74, 6) is -2.83. The van der Waals surface area contributed by atoms with Gasteiger partial charge in [0.05, 0.1) is 6.04 Å². The number of alkyl carbamates (subject to hydrolysis) is 1. The number of methoxy groups -OCH3 is 2. The molecular formula is C16H23F2NO4. The van der Waals surface area contributed by atoms with E-state index in [2.05, 4.69) is 5.32 Å². The smallest absolute Gasteiger partial charge is 0.407 e. The fourth-order valence-corrected chi connectivity index (χ4v) is 2.03. The van der Waals surface area contributed by atoms with Crippen molar-refractivity contribution in [3.05, 3.63) is 35.9 Å². The van der Waals surface area contributed by atoms with Crippen LogP contribution in [0, 0.1) is 0 Å². The quantitative estimate of drug-likeness (QED) is 0.705. The zero-order valence-electron chi connectivity index (χ0n) is 13.6. The molecule has 0 unspecified atom stereocenters. The van der Waals surface area contributed by atoms with E-state index < -0.39 is 30.8 Å². The van der Waals surface area contributed by atoms with E-state index in [4.69, 9.17) is 14.2 Å². The van der Waals surface area contributed by atoms with Crippen molar-refractivity contribution in [1.82, 2.24) is 5.32 Å². The van der Waals surface area contributed by atoms with Crippen LogP contribution in [0.15, 0.2) is 30.3 Å². The highest BCUT2D eigenvalue weighted by Crippen LogP contribution is 2.21. The first-order valence-electron chi connectivity index (χ1n) is 7.26. The molecule has 1 aromatic rings. The standard InChI is InChI=1S/C16H23F2NO4/c1-16(17,18)10-9-13(14(21-2)22-3)19-15(20)23-11-12-7-5-4-6-8-12/h4-8,13-14H,9-11H2,1-3H3,(H,19,20)/t13-/m0/s1. The first kappa shape index (κ1) is 19.3. The summed E-state index contributed by atoms with van der Waals surface area (Å²) in [5, 5.41) is 2.52. The minimum absolute atomic E-state index is 0.00369. The minimum Gasteiger partial charge on any atom is -0.445 e. The second kappa shape index (κ2) is 9.42. The van der Waals surface area contributed by atoms with Gasteiger partial charge in [0, 0.05) is 20.6 Å². The van der Waals surface area contributed by atoms with Crippen molar-refractivity contribution < 1.29 is 27.8 Å². The largest absolute Gasteiger partial charge is 0.445 e. The molecule has 0 fully saturated rings. The number of hydrogen-bond acceptors (Lipinski definition) is 4. The van der Waals surface area contributed by atoms with E-state index in [1.807, 2.05) is 30.3 Å². The van der Waals surface area contributed by atoms with Crippen LogP contribution in [-0.2, 0) is 20.8 Å². The number of halogens is 2. The van der Waals surface area contributed by atoms with Gasteiger partial charge in [0.25, 0.3) is 0 Å². The van der Waals surface area contributed by atoms with Crippen LogP contribution in [0.4, 0.5) is 13.6 Å². The number of carbonyl (C=O) groups is 1. The van der Waals surface area contributed by atoms with Crippen molar-refractivity contribution in [2.75, 3.05) is 14.2 Å². The van der Waals surface area contributed by atoms with Gasteiger partial charge < -0.3 is 19.5 Å². The number of hydrogen-bond donors (Lipinski definition) is 1. The summed E-state index contributed by atoms with van der Waals surface area (Å²) in [4.78, 5) is 11.9. The maximum Gasteiger partial charge on any atom is 0.407 e. The molecule has 130 valence electrons. The molecule has 1 rings (SSSR count). The lowest BCUT2D eigenvalue weighted by atomic mass is 10.1. The van der Waals surface area contributed by atoms with Gasteiger partial charge in [0.2, 0.25) is 5.92 Å². The fraction of sp³-hybridized carbons (Fsp3) is 0.562. The number of alkyl halides is 2. The Hall–Kier alpha value is -1.73. The third kappa shape index (κ3) is 7.90. The number of rotatable bonds is 9. The second-order valence-corrected chi connectivity index (χ2v) is 5.26. The van der Waals surface area contributed by atoms with Gasteiger partial charge in [0.1, 0.15) is 6.61 Å². The van der Waals surface area contributed by atoms with Crippen molar-refractivity contribution in [1.29, 1.82) is 0 Å². The van der Waals surface area contributed by atoms with Gasteiger partial charge in [-0.3, -0.25) is 0 Å². The van der Waals surface area contributed by atoms with Crippen LogP contribution < -0.4 is 5.32 Å². The van der Waals surface area contributed by atoms with E-state index in [0.29, 0.717) is 0 Å². The molecule has 0 spiro atoms. The Kier molecular flexibility index (Phi) is 7.91. The van der Waals surface area contributed by atoms with Crippen LogP contribution in [0.1, 0.15) is 25.3 Å². The molecule has 7 heteroatoms. The van der Waals surface area contributed by atoms with Gasteiger partial charge in [-0.15, -0.1) is 0 Å². The molecule has 0 heterocycles. The summed E-state index contributed by atoms with van der Waals surface area (Å²) in [5.41, 5.74) is 0.828. The lowest BCUT2D eigenvalue weighted by molar-refractivity contribution is -0.126. The van der Waals surface area contributed by atoms with Crippen LogP contribution >= 0.6 is 0 Å². The van der Waals surface area contributed by atoms with E-state index in [1.165, 1.54) is 14.2 Å². The molecule has 0 aromatic heterocycles. The monoisotopic (exact) mass is 331 g/mol. The minimum atomic E-state index is -2.83. The van der Waals surface area contributed by atoms with Crippen molar-refractivity contribution in [2.45, 2.75) is 44.6 Å². The Morgan fingerprint density at radius 3 is 2.35 bits per heavy atom. The van der Waals surface area contributed by atoms with E-state index in [1.54, 1.807) is 0 Å². The highest BCUT2D eigenvalue weighted by molar-refractivity contribution is 5.67. The predicted octanol–water partition coefficient (Wildman–Crippen LogP) is 3.34. The SMILES string of the molecule is COC(OC)[C@H](CCC(C)(F)F)NC(=O)OCc1ccccc1. The van der Waals surface area contributed by atoms with Crippen LogP contribution in [0.2, 0.25) is 0 Å². The number of ether oxygens (including phenoxy) is 3. The Labute approximate surface area is 134 Å². The van der Waals surface area contributed by atoms with Crippen LogP contribution in [0.3, 0.4) is 0 Å². The Morgan fingerprint density at radius 2 is 1.83 bits per heavy atom. The highest BCUT2D eigenvalue weighted by atomic mass is 19.3. The molecule has 0 aliphatic rings. The lowest BCUT2D eigenvalue weighted by Gasteiger charge is -2.26. The highest BCUT2D eigenvalue weighted by Gasteiger charge is 2.29. The molecule has 1 atom stereocenters. The molecule has 1 N–H and O–H groups in total. The third-order valence-corrected chi connectivity index (χ3v) is 3.20. The van der Waals surface area contributed by atoms with E-state index >= 15 is 0 Å². The van der Waals surface area contributed by atoms with Crippen molar-refractivity contribution >= 4 is 6.09 Å². The fourth-order valence-electron chi connectivity index (χ4n) is 2.03. The van der Waals surface area contributed by atoms with E-state index in [-0.39, 0.29) is 13.0 Å². The second-order valence-electron chi connectivity index (χ2n) is 5.26. The van der Waals surface area contributed by atoms with Crippen molar-refractivity contribution in [3.63, 3.8) is 0 Å². The first-order chi connectivity index (χ1) is 10.9. The molecule has 0 aliphatic carbocycles. The maximum absolute atomic E-state index is 13.0. The summed E-state index contributed by atoms with van der Waals surface area (Å²) in [6.45, 7) is 0.917. The number of nitrogens with one attached hydrogen (secondary N) is 1. The van der Waals surface area contributed by atoms with Gasteiger partial charge in [0.15, 0.2) is 6.29 Å². The Bertz CT molecular complexity index is 461. The normalized spacial score (nSPS) is 13.0. The molecule has 0 bridgehead atoms. The van der Waals surface area contributed by atoms with Crippen LogP contribution in [0.25, 0.3) is 0 Å². The summed E-state index contributed by atoms with van der Waals surface area (Å²) in [6, 6.07) is 8.40. The molecule has 0 saturated carbocycles. The van der Waals surface area contributed by atoms with Gasteiger partial charge in [-0.05, 0) is 18.9 Å². The first-order valence-corrected chi connectivity index (χ1v) is 7.26. The van der Waals surface area contributed by atoms with Gasteiger partial charge in [-0.25, -0.2) is 13.6 Å². The van der Waals surface area contributed by atoms with Gasteiger partial charge >= 0.3 is 6.09 Å². The zero-order chi connectivity index (χ0) is 17.3. The summed E-state index contributed by atoms with van der Waals surface area (Å²) < 4.78 is 41.3. The molecular weight excluding hydrogens is 308 g/mol. The summed E-state index contributed by atoms with van der Waals surface area (Å²) in [6.07, 6.45) is -1.95. The molecule has 5 nitrogen and oxygen atoms in total. The lowest BCUT2D eigenvalue weighted by Crippen LogP contribution is -2.45. The summed E-state index contributed by atoms with van der Waals surface area (Å²) >= 11 is 0. The van der Waals surface area contributed by atoms with Crippen LogP contribution in [0.5, 0.6) is 0 Å². The number of benzene rings is 1. The predicted molar refractivity (Wildman–Crippen MR) is 81.2 cm³/mol. The number of carbonyl (C=O) groups excluding carboxylic acids is 1. The molecule has 0 radical (unpaired) electrons. The number of amides is 1. The van der Waals surface area contributed by atoms with Crippen molar-refractivity contribution in [3.8, 4) is 0 Å². The third-order valence-electron chi connectivity index (χ3n) is 3.20. The Balaban J connectivity index is 2.55. The average molecular weight is 331 g/mol.